The molecule has 0 aromatic heterocycles. The average molecular weight is 276 g/mol. The van der Waals surface area contributed by atoms with E-state index in [-0.39, 0.29) is 6.29 Å². The van der Waals surface area contributed by atoms with Crippen molar-refractivity contribution in [1.29, 1.82) is 0 Å². The monoisotopic (exact) mass is 276 g/mol. The van der Waals surface area contributed by atoms with Crippen molar-refractivity contribution in [3.8, 4) is 17.6 Å². The molecule has 1 unspecified atom stereocenters. The van der Waals surface area contributed by atoms with Gasteiger partial charge in [-0.05, 0) is 32.4 Å². The van der Waals surface area contributed by atoms with E-state index in [1.54, 1.807) is 24.3 Å². The molecule has 0 fully saturated rings. The number of carbonyl (C=O) groups is 1. The molecule has 0 bridgehead atoms. The second-order valence-corrected chi connectivity index (χ2v) is 4.00. The van der Waals surface area contributed by atoms with E-state index < -0.39 is 5.97 Å². The van der Waals surface area contributed by atoms with Crippen molar-refractivity contribution in [3.63, 3.8) is 0 Å². The topological polar surface area (TPSA) is 44.8 Å². The van der Waals surface area contributed by atoms with Gasteiger partial charge in [-0.1, -0.05) is 24.1 Å². The predicted octanol–water partition coefficient (Wildman–Crippen LogP) is 2.77. The molecule has 0 aliphatic carbocycles. The largest absolute Gasteiger partial charge is 0.417 e. The maximum absolute atomic E-state index is 11.4. The zero-order valence-corrected chi connectivity index (χ0v) is 11.9. The molecule has 4 nitrogen and oxygen atoms in total. The fourth-order valence-electron chi connectivity index (χ4n) is 1.45. The lowest BCUT2D eigenvalue weighted by Gasteiger charge is -2.11. The first-order valence-corrected chi connectivity index (χ1v) is 6.71. The van der Waals surface area contributed by atoms with Gasteiger partial charge < -0.3 is 14.2 Å². The summed E-state index contributed by atoms with van der Waals surface area (Å²) in [5.41, 5.74) is 0. The van der Waals surface area contributed by atoms with Crippen molar-refractivity contribution in [3.05, 3.63) is 30.3 Å². The summed E-state index contributed by atoms with van der Waals surface area (Å²) < 4.78 is 15.6. The van der Waals surface area contributed by atoms with Crippen LogP contribution in [0, 0.1) is 11.8 Å². The average Bonchev–Trinajstić information content (AvgIpc) is 2.44. The van der Waals surface area contributed by atoms with E-state index in [2.05, 4.69) is 11.8 Å². The molecule has 0 aliphatic heterocycles. The van der Waals surface area contributed by atoms with Crippen LogP contribution in [0.2, 0.25) is 0 Å². The molecular formula is C16H20O4. The number of carbonyl (C=O) groups excluding carboxylic acids is 1. The summed E-state index contributed by atoms with van der Waals surface area (Å²) in [5, 5.41) is 0. The van der Waals surface area contributed by atoms with Crippen LogP contribution in [-0.2, 0) is 14.3 Å². The highest BCUT2D eigenvalue weighted by atomic mass is 16.7. The maximum Gasteiger partial charge on any atom is 0.389 e. The second kappa shape index (κ2) is 10.0. The molecule has 0 radical (unpaired) electrons. The van der Waals surface area contributed by atoms with E-state index in [1.165, 1.54) is 0 Å². The van der Waals surface area contributed by atoms with Crippen LogP contribution in [0.3, 0.4) is 0 Å². The van der Waals surface area contributed by atoms with E-state index in [0.717, 1.165) is 6.42 Å². The number of unbranched alkanes of at least 4 members (excludes halogenated alkanes) is 1. The number of ether oxygens (including phenoxy) is 3. The normalized spacial score (nSPS) is 11.3. The summed E-state index contributed by atoms with van der Waals surface area (Å²) in [4.78, 5) is 11.4. The molecule has 0 aliphatic rings. The number of hydrogen-bond donors (Lipinski definition) is 0. The Hall–Kier alpha value is -1.83. The van der Waals surface area contributed by atoms with Crippen molar-refractivity contribution >= 4 is 5.97 Å². The summed E-state index contributed by atoms with van der Waals surface area (Å²) in [5.74, 6) is 5.17. The van der Waals surface area contributed by atoms with E-state index in [9.17, 15) is 4.79 Å². The van der Waals surface area contributed by atoms with Crippen LogP contribution in [0.15, 0.2) is 30.3 Å². The Morgan fingerprint density at radius 3 is 2.70 bits per heavy atom. The van der Waals surface area contributed by atoms with E-state index in [0.29, 0.717) is 25.4 Å². The number of esters is 1. The second-order valence-electron chi connectivity index (χ2n) is 4.00. The Balaban J connectivity index is 2.14. The minimum absolute atomic E-state index is 0.198. The SMILES string of the molecule is CCOC(C)OCCCC#CC(=O)Oc1ccccc1. The number of hydrogen-bond acceptors (Lipinski definition) is 4. The first-order chi connectivity index (χ1) is 9.72. The molecule has 1 aromatic rings. The highest BCUT2D eigenvalue weighted by Gasteiger charge is 2.00. The molecule has 108 valence electrons. The van der Waals surface area contributed by atoms with Crippen LogP contribution in [-0.4, -0.2) is 25.5 Å². The van der Waals surface area contributed by atoms with Crippen molar-refractivity contribution in [2.24, 2.45) is 0 Å². The fourth-order valence-corrected chi connectivity index (χ4v) is 1.45. The van der Waals surface area contributed by atoms with Crippen LogP contribution in [0.1, 0.15) is 26.7 Å². The van der Waals surface area contributed by atoms with Gasteiger partial charge in [0, 0.05) is 18.9 Å². The van der Waals surface area contributed by atoms with Gasteiger partial charge in [-0.25, -0.2) is 4.79 Å². The molecule has 0 spiro atoms. The molecule has 0 amide bonds. The standard InChI is InChI=1S/C16H20O4/c1-3-18-14(2)19-13-9-5-8-12-16(17)20-15-10-6-4-7-11-15/h4,6-7,10-11,14H,3,5,9,13H2,1-2H3. The van der Waals surface area contributed by atoms with E-state index in [4.69, 9.17) is 14.2 Å². The molecule has 0 heterocycles. The highest BCUT2D eigenvalue weighted by Crippen LogP contribution is 2.07. The van der Waals surface area contributed by atoms with Gasteiger partial charge in [0.1, 0.15) is 5.75 Å². The van der Waals surface area contributed by atoms with Gasteiger partial charge in [-0.2, -0.15) is 0 Å². The summed E-state index contributed by atoms with van der Waals surface area (Å²) in [6, 6.07) is 8.87. The van der Waals surface area contributed by atoms with Crippen LogP contribution < -0.4 is 4.74 Å². The highest BCUT2D eigenvalue weighted by molar-refractivity contribution is 5.90. The van der Waals surface area contributed by atoms with Gasteiger partial charge in [0.2, 0.25) is 0 Å². The van der Waals surface area contributed by atoms with Crippen molar-refractivity contribution in [1.82, 2.24) is 0 Å². The minimum atomic E-state index is -0.542. The summed E-state index contributed by atoms with van der Waals surface area (Å²) in [6.07, 6.45) is 1.14. The number of rotatable bonds is 7. The maximum atomic E-state index is 11.4. The van der Waals surface area contributed by atoms with Crippen LogP contribution in [0.5, 0.6) is 5.75 Å². The summed E-state index contributed by atoms with van der Waals surface area (Å²) >= 11 is 0. The van der Waals surface area contributed by atoms with Gasteiger partial charge in [0.15, 0.2) is 6.29 Å². The van der Waals surface area contributed by atoms with Gasteiger partial charge in [-0.15, -0.1) is 0 Å². The fraction of sp³-hybridized carbons (Fsp3) is 0.438. The molecule has 0 saturated heterocycles. The third-order valence-corrected chi connectivity index (χ3v) is 2.34. The van der Waals surface area contributed by atoms with Crippen LogP contribution >= 0.6 is 0 Å². The minimum Gasteiger partial charge on any atom is -0.417 e. The Kier molecular flexibility index (Phi) is 8.13. The van der Waals surface area contributed by atoms with E-state index in [1.807, 2.05) is 19.9 Å². The van der Waals surface area contributed by atoms with Crippen molar-refractivity contribution in [2.45, 2.75) is 33.0 Å². The third-order valence-electron chi connectivity index (χ3n) is 2.34. The zero-order valence-electron chi connectivity index (χ0n) is 11.9. The Morgan fingerprint density at radius 1 is 1.25 bits per heavy atom. The van der Waals surface area contributed by atoms with Gasteiger partial charge in [-0.3, -0.25) is 0 Å². The van der Waals surface area contributed by atoms with Crippen molar-refractivity contribution < 1.29 is 19.0 Å². The Morgan fingerprint density at radius 2 is 2.00 bits per heavy atom. The lowest BCUT2D eigenvalue weighted by Crippen LogP contribution is -2.13. The Bertz CT molecular complexity index is 445. The van der Waals surface area contributed by atoms with Gasteiger partial charge >= 0.3 is 5.97 Å². The number of benzene rings is 1. The molecule has 0 saturated carbocycles. The molecule has 4 heteroatoms. The molecule has 0 N–H and O–H groups in total. The predicted molar refractivity (Wildman–Crippen MR) is 76.1 cm³/mol. The van der Waals surface area contributed by atoms with E-state index >= 15 is 0 Å². The Labute approximate surface area is 120 Å². The summed E-state index contributed by atoms with van der Waals surface area (Å²) in [6.45, 7) is 4.96. The van der Waals surface area contributed by atoms with Gasteiger partial charge in [0.25, 0.3) is 0 Å². The summed E-state index contributed by atoms with van der Waals surface area (Å²) in [7, 11) is 0. The quantitative estimate of drug-likeness (QED) is 0.192. The molecule has 1 atom stereocenters. The van der Waals surface area contributed by atoms with Crippen molar-refractivity contribution in [2.75, 3.05) is 13.2 Å². The molecular weight excluding hydrogens is 256 g/mol. The first kappa shape index (κ1) is 16.2. The smallest absolute Gasteiger partial charge is 0.389 e. The van der Waals surface area contributed by atoms with Crippen LogP contribution in [0.4, 0.5) is 0 Å². The third kappa shape index (κ3) is 7.57. The number of para-hydroxylation sites is 1. The van der Waals surface area contributed by atoms with Crippen LogP contribution in [0.25, 0.3) is 0 Å². The van der Waals surface area contributed by atoms with Gasteiger partial charge in [0.05, 0.1) is 6.61 Å². The zero-order chi connectivity index (χ0) is 14.6. The first-order valence-electron chi connectivity index (χ1n) is 6.71. The lowest BCUT2D eigenvalue weighted by atomic mass is 10.3. The molecule has 1 aromatic carbocycles. The molecule has 1 rings (SSSR count). The molecule has 20 heavy (non-hydrogen) atoms. The lowest BCUT2D eigenvalue weighted by molar-refractivity contribution is -0.128.